The molecule has 0 aliphatic heterocycles. The first-order valence-electron chi connectivity index (χ1n) is 5.22. The molecule has 0 heterocycles. The molecule has 0 fully saturated rings. The van der Waals surface area contributed by atoms with Gasteiger partial charge in [0.1, 0.15) is 0 Å². The standard InChI is InChI=1S/C12H16F3N.ClH/c1-8(2)9-3-5-10(6-4-9)11(16)7-12(13,14)15;/h3-6,8,11H,7,16H2,1-2H3;1H/t11-;/m1./s1. The number of benzene rings is 1. The van der Waals surface area contributed by atoms with Crippen molar-refractivity contribution in [3.63, 3.8) is 0 Å². The molecule has 0 bridgehead atoms. The minimum Gasteiger partial charge on any atom is -0.324 e. The highest BCUT2D eigenvalue weighted by molar-refractivity contribution is 5.85. The van der Waals surface area contributed by atoms with E-state index in [-0.39, 0.29) is 12.4 Å². The summed E-state index contributed by atoms with van der Waals surface area (Å²) in [4.78, 5) is 0. The average Bonchev–Trinajstić information content (AvgIpc) is 2.15. The Morgan fingerprint density at radius 1 is 1.06 bits per heavy atom. The van der Waals surface area contributed by atoms with Crippen LogP contribution in [0.1, 0.15) is 43.4 Å². The summed E-state index contributed by atoms with van der Waals surface area (Å²) in [5.74, 6) is 0.368. The summed E-state index contributed by atoms with van der Waals surface area (Å²) >= 11 is 0. The molecule has 0 aliphatic rings. The predicted octanol–water partition coefficient (Wildman–Crippen LogP) is 4.18. The molecule has 17 heavy (non-hydrogen) atoms. The lowest BCUT2D eigenvalue weighted by Crippen LogP contribution is -2.20. The van der Waals surface area contributed by atoms with Crippen LogP contribution in [-0.4, -0.2) is 6.18 Å². The first kappa shape index (κ1) is 16.3. The number of hydrogen-bond donors (Lipinski definition) is 1. The van der Waals surface area contributed by atoms with Crippen molar-refractivity contribution in [2.45, 2.75) is 38.4 Å². The molecule has 1 aromatic rings. The smallest absolute Gasteiger partial charge is 0.324 e. The van der Waals surface area contributed by atoms with Crippen LogP contribution in [0.3, 0.4) is 0 Å². The maximum atomic E-state index is 12.1. The maximum Gasteiger partial charge on any atom is 0.390 e. The Bertz CT molecular complexity index is 333. The molecule has 2 N–H and O–H groups in total. The zero-order valence-corrected chi connectivity index (χ0v) is 10.6. The van der Waals surface area contributed by atoms with Crippen LogP contribution in [0.15, 0.2) is 24.3 Å². The van der Waals surface area contributed by atoms with Gasteiger partial charge in [-0.3, -0.25) is 0 Å². The van der Waals surface area contributed by atoms with E-state index in [1.165, 1.54) is 0 Å². The first-order valence-corrected chi connectivity index (χ1v) is 5.22. The third kappa shape index (κ3) is 5.41. The highest BCUT2D eigenvalue weighted by Gasteiger charge is 2.30. The fourth-order valence-electron chi connectivity index (χ4n) is 1.50. The van der Waals surface area contributed by atoms with E-state index in [2.05, 4.69) is 0 Å². The Labute approximate surface area is 106 Å². The number of hydrogen-bond acceptors (Lipinski definition) is 1. The van der Waals surface area contributed by atoms with Gasteiger partial charge in [0.25, 0.3) is 0 Å². The van der Waals surface area contributed by atoms with E-state index in [0.29, 0.717) is 11.5 Å². The summed E-state index contributed by atoms with van der Waals surface area (Å²) in [5.41, 5.74) is 7.12. The largest absolute Gasteiger partial charge is 0.390 e. The van der Waals surface area contributed by atoms with Crippen LogP contribution < -0.4 is 5.73 Å². The Hall–Kier alpha value is -0.740. The lowest BCUT2D eigenvalue weighted by atomic mass is 9.98. The summed E-state index contributed by atoms with van der Waals surface area (Å²) in [6, 6.07) is 6.03. The van der Waals surface area contributed by atoms with Crippen LogP contribution in [0, 0.1) is 0 Å². The summed E-state index contributed by atoms with van der Waals surface area (Å²) < 4.78 is 36.4. The molecule has 0 saturated carbocycles. The Balaban J connectivity index is 0.00000256. The minimum atomic E-state index is -4.21. The van der Waals surface area contributed by atoms with Crippen LogP contribution >= 0.6 is 12.4 Å². The van der Waals surface area contributed by atoms with Crippen LogP contribution in [-0.2, 0) is 0 Å². The summed E-state index contributed by atoms with van der Waals surface area (Å²) in [5, 5.41) is 0. The van der Waals surface area contributed by atoms with Crippen molar-refractivity contribution in [2.24, 2.45) is 5.73 Å². The van der Waals surface area contributed by atoms with Gasteiger partial charge in [-0.2, -0.15) is 13.2 Å². The van der Waals surface area contributed by atoms with Crippen LogP contribution in [0.2, 0.25) is 0 Å². The molecule has 0 radical (unpaired) electrons. The third-order valence-electron chi connectivity index (χ3n) is 2.48. The Kier molecular flexibility index (Phi) is 5.99. The molecule has 0 aliphatic carbocycles. The molecule has 1 atom stereocenters. The molecule has 0 spiro atoms. The van der Waals surface area contributed by atoms with Crippen LogP contribution in [0.4, 0.5) is 13.2 Å². The number of rotatable bonds is 3. The van der Waals surface area contributed by atoms with Gasteiger partial charge >= 0.3 is 6.18 Å². The fraction of sp³-hybridized carbons (Fsp3) is 0.500. The molecular weight excluding hydrogens is 251 g/mol. The van der Waals surface area contributed by atoms with E-state index in [9.17, 15) is 13.2 Å². The zero-order chi connectivity index (χ0) is 12.3. The van der Waals surface area contributed by atoms with Crippen LogP contribution in [0.25, 0.3) is 0 Å². The lowest BCUT2D eigenvalue weighted by molar-refractivity contribution is -0.138. The van der Waals surface area contributed by atoms with E-state index >= 15 is 0 Å². The van der Waals surface area contributed by atoms with Gasteiger partial charge in [0, 0.05) is 6.04 Å². The summed E-state index contributed by atoms with van der Waals surface area (Å²) in [6.07, 6.45) is -5.19. The van der Waals surface area contributed by atoms with Gasteiger partial charge in [-0.15, -0.1) is 12.4 Å². The quantitative estimate of drug-likeness (QED) is 0.873. The average molecular weight is 268 g/mol. The van der Waals surface area contributed by atoms with Gasteiger partial charge in [-0.1, -0.05) is 38.1 Å². The molecule has 5 heteroatoms. The van der Waals surface area contributed by atoms with Crippen molar-refractivity contribution in [2.75, 3.05) is 0 Å². The van der Waals surface area contributed by atoms with Crippen molar-refractivity contribution in [3.8, 4) is 0 Å². The number of nitrogens with two attached hydrogens (primary N) is 1. The molecule has 0 saturated heterocycles. The second-order valence-electron chi connectivity index (χ2n) is 4.25. The number of halogens is 4. The third-order valence-corrected chi connectivity index (χ3v) is 2.48. The van der Waals surface area contributed by atoms with E-state index in [0.717, 1.165) is 5.56 Å². The van der Waals surface area contributed by atoms with E-state index in [1.54, 1.807) is 12.1 Å². The molecule has 1 nitrogen and oxygen atoms in total. The molecular formula is C12H17ClF3N. The van der Waals surface area contributed by atoms with E-state index in [1.807, 2.05) is 26.0 Å². The Morgan fingerprint density at radius 2 is 1.47 bits per heavy atom. The van der Waals surface area contributed by atoms with Gasteiger partial charge in [-0.05, 0) is 17.0 Å². The van der Waals surface area contributed by atoms with Crippen molar-refractivity contribution in [3.05, 3.63) is 35.4 Å². The van der Waals surface area contributed by atoms with Crippen molar-refractivity contribution in [1.29, 1.82) is 0 Å². The molecule has 0 unspecified atom stereocenters. The molecule has 0 aromatic heterocycles. The number of alkyl halides is 3. The maximum absolute atomic E-state index is 12.1. The van der Waals surface area contributed by atoms with Crippen molar-refractivity contribution < 1.29 is 13.2 Å². The predicted molar refractivity (Wildman–Crippen MR) is 65.4 cm³/mol. The molecule has 0 amide bonds. The van der Waals surface area contributed by atoms with Gasteiger partial charge in [-0.25, -0.2) is 0 Å². The summed E-state index contributed by atoms with van der Waals surface area (Å²) in [7, 11) is 0. The first-order chi connectivity index (χ1) is 7.29. The normalized spacial score (nSPS) is 13.4. The van der Waals surface area contributed by atoms with Gasteiger partial charge in [0.05, 0.1) is 6.42 Å². The highest BCUT2D eigenvalue weighted by atomic mass is 35.5. The molecule has 1 rings (SSSR count). The second-order valence-corrected chi connectivity index (χ2v) is 4.25. The van der Waals surface area contributed by atoms with Gasteiger partial charge < -0.3 is 5.73 Å². The highest BCUT2D eigenvalue weighted by Crippen LogP contribution is 2.28. The Morgan fingerprint density at radius 3 is 1.82 bits per heavy atom. The molecule has 1 aromatic carbocycles. The van der Waals surface area contributed by atoms with Gasteiger partial charge in [0.2, 0.25) is 0 Å². The SMILES string of the molecule is CC(C)c1ccc([C@H](N)CC(F)(F)F)cc1.Cl. The lowest BCUT2D eigenvalue weighted by Gasteiger charge is -2.15. The monoisotopic (exact) mass is 267 g/mol. The zero-order valence-electron chi connectivity index (χ0n) is 9.79. The van der Waals surface area contributed by atoms with E-state index in [4.69, 9.17) is 5.73 Å². The van der Waals surface area contributed by atoms with Crippen molar-refractivity contribution in [1.82, 2.24) is 0 Å². The fourth-order valence-corrected chi connectivity index (χ4v) is 1.50. The van der Waals surface area contributed by atoms with Crippen LogP contribution in [0.5, 0.6) is 0 Å². The summed E-state index contributed by atoms with van der Waals surface area (Å²) in [6.45, 7) is 4.06. The minimum absolute atomic E-state index is 0. The molecule has 98 valence electrons. The second kappa shape index (κ2) is 6.26. The van der Waals surface area contributed by atoms with Gasteiger partial charge in [0.15, 0.2) is 0 Å². The van der Waals surface area contributed by atoms with Crippen molar-refractivity contribution >= 4 is 12.4 Å². The van der Waals surface area contributed by atoms with E-state index < -0.39 is 18.6 Å². The topological polar surface area (TPSA) is 26.0 Å².